The van der Waals surface area contributed by atoms with E-state index < -0.39 is 0 Å². The molecule has 154 valence electrons. The summed E-state index contributed by atoms with van der Waals surface area (Å²) in [4.78, 5) is 21.8. The van der Waals surface area contributed by atoms with Gasteiger partial charge in [0, 0.05) is 50.7 Å². The van der Waals surface area contributed by atoms with Crippen LogP contribution in [-0.2, 0) is 6.54 Å². The molecule has 0 aliphatic carbocycles. The van der Waals surface area contributed by atoms with Crippen LogP contribution < -0.4 is 4.90 Å². The van der Waals surface area contributed by atoms with Gasteiger partial charge in [0.25, 0.3) is 5.91 Å². The molecule has 1 fully saturated rings. The van der Waals surface area contributed by atoms with Crippen molar-refractivity contribution in [1.29, 1.82) is 0 Å². The average molecular weight is 436 g/mol. The van der Waals surface area contributed by atoms with E-state index in [1.54, 1.807) is 13.0 Å². The van der Waals surface area contributed by atoms with Crippen molar-refractivity contribution in [2.45, 2.75) is 20.4 Å². The maximum atomic E-state index is 13.2. The number of imidazole rings is 1. The molecule has 0 spiro atoms. The molecule has 1 aromatic carbocycles. The number of nitrogens with zero attached hydrogens (tertiary/aromatic N) is 5. The van der Waals surface area contributed by atoms with Crippen molar-refractivity contribution >= 4 is 35.9 Å². The molecule has 9 heteroatoms. The largest absolute Gasteiger partial charge is 0.360 e. The number of hydrogen-bond acceptors (Lipinski definition) is 5. The summed E-state index contributed by atoms with van der Waals surface area (Å²) < 4.78 is 7.46. The molecule has 1 aliphatic rings. The predicted octanol–water partition coefficient (Wildman–Crippen LogP) is 3.90. The lowest BCUT2D eigenvalue weighted by Gasteiger charge is -2.35. The minimum atomic E-state index is -0.0767. The van der Waals surface area contributed by atoms with Gasteiger partial charge in [0.05, 0.1) is 5.02 Å². The molecule has 0 radical (unpaired) electrons. The zero-order valence-electron chi connectivity index (χ0n) is 16.3. The molecule has 7 nitrogen and oxygen atoms in total. The molecule has 1 amide bonds. The summed E-state index contributed by atoms with van der Waals surface area (Å²) in [5.74, 6) is 1.38. The zero-order chi connectivity index (χ0) is 19.7. The Labute approximate surface area is 180 Å². The third-order valence-electron chi connectivity index (χ3n) is 5.09. The Balaban J connectivity index is 0.00000240. The van der Waals surface area contributed by atoms with Crippen LogP contribution in [0, 0.1) is 6.92 Å². The van der Waals surface area contributed by atoms with Crippen LogP contribution in [0.3, 0.4) is 0 Å². The van der Waals surface area contributed by atoms with Crippen molar-refractivity contribution in [2.75, 3.05) is 31.1 Å². The number of amides is 1. The van der Waals surface area contributed by atoms with Crippen LogP contribution in [0.15, 0.2) is 41.2 Å². The fraction of sp³-hybridized carbons (Fsp3) is 0.350. The van der Waals surface area contributed by atoms with Crippen LogP contribution in [0.5, 0.6) is 0 Å². The molecular weight excluding hydrogens is 413 g/mol. The SMILES string of the molecule is CCn1ccnc1N1CCN(C(=O)c2c(-c3ccccc3Cl)noc2C)CC1.Cl. The summed E-state index contributed by atoms with van der Waals surface area (Å²) in [7, 11) is 0. The number of piperazine rings is 1. The van der Waals surface area contributed by atoms with Gasteiger partial charge in [-0.15, -0.1) is 12.4 Å². The highest BCUT2D eigenvalue weighted by Gasteiger charge is 2.30. The van der Waals surface area contributed by atoms with Crippen molar-refractivity contribution in [2.24, 2.45) is 0 Å². The molecule has 0 bridgehead atoms. The van der Waals surface area contributed by atoms with Crippen molar-refractivity contribution < 1.29 is 9.32 Å². The van der Waals surface area contributed by atoms with Crippen LogP contribution in [0.2, 0.25) is 5.02 Å². The van der Waals surface area contributed by atoms with Crippen LogP contribution in [0.1, 0.15) is 23.0 Å². The van der Waals surface area contributed by atoms with Crippen LogP contribution in [0.25, 0.3) is 11.3 Å². The van der Waals surface area contributed by atoms with Crippen LogP contribution >= 0.6 is 24.0 Å². The van der Waals surface area contributed by atoms with Crippen molar-refractivity contribution in [3.8, 4) is 11.3 Å². The molecule has 2 aromatic heterocycles. The van der Waals surface area contributed by atoms with Gasteiger partial charge in [0.1, 0.15) is 17.0 Å². The van der Waals surface area contributed by atoms with Gasteiger partial charge in [0.15, 0.2) is 0 Å². The molecule has 0 saturated carbocycles. The normalized spacial score (nSPS) is 14.0. The van der Waals surface area contributed by atoms with Crippen molar-refractivity contribution in [3.05, 3.63) is 53.0 Å². The Bertz CT molecular complexity index is 992. The van der Waals surface area contributed by atoms with Crippen molar-refractivity contribution in [1.82, 2.24) is 19.6 Å². The van der Waals surface area contributed by atoms with Gasteiger partial charge in [-0.2, -0.15) is 0 Å². The first-order valence-corrected chi connectivity index (χ1v) is 9.74. The Morgan fingerprint density at radius 1 is 1.21 bits per heavy atom. The van der Waals surface area contributed by atoms with E-state index in [4.69, 9.17) is 16.1 Å². The summed E-state index contributed by atoms with van der Waals surface area (Å²) in [6.07, 6.45) is 3.79. The molecule has 29 heavy (non-hydrogen) atoms. The first-order chi connectivity index (χ1) is 13.6. The number of halogens is 2. The Hall–Kier alpha value is -2.51. The monoisotopic (exact) mass is 435 g/mol. The van der Waals surface area contributed by atoms with E-state index in [9.17, 15) is 4.79 Å². The molecule has 1 aliphatic heterocycles. The highest BCUT2D eigenvalue weighted by Crippen LogP contribution is 2.32. The average Bonchev–Trinajstić information content (AvgIpc) is 3.34. The summed E-state index contributed by atoms with van der Waals surface area (Å²) in [5.41, 5.74) is 1.68. The molecule has 3 aromatic rings. The fourth-order valence-electron chi connectivity index (χ4n) is 3.56. The van der Waals surface area contributed by atoms with E-state index in [-0.39, 0.29) is 18.3 Å². The molecule has 4 rings (SSSR count). The first-order valence-electron chi connectivity index (χ1n) is 9.36. The van der Waals surface area contributed by atoms with Crippen LogP contribution in [0.4, 0.5) is 5.95 Å². The molecule has 1 saturated heterocycles. The van der Waals surface area contributed by atoms with Gasteiger partial charge in [-0.3, -0.25) is 4.79 Å². The van der Waals surface area contributed by atoms with E-state index in [2.05, 4.69) is 26.5 Å². The minimum absolute atomic E-state index is 0. The minimum Gasteiger partial charge on any atom is -0.360 e. The van der Waals surface area contributed by atoms with Crippen LogP contribution in [-0.4, -0.2) is 51.7 Å². The molecule has 0 atom stereocenters. The standard InChI is InChI=1S/C20H22ClN5O2.ClH/c1-3-24-9-8-22-20(24)26-12-10-25(11-13-26)19(27)17-14(2)28-23-18(17)15-6-4-5-7-16(15)21;/h4-9H,3,10-13H2,1-2H3;1H. The van der Waals surface area contributed by atoms with Gasteiger partial charge >= 0.3 is 0 Å². The first kappa shape index (κ1) is 21.2. The lowest BCUT2D eigenvalue weighted by Crippen LogP contribution is -2.49. The number of carbonyl (C=O) groups excluding carboxylic acids is 1. The number of anilines is 1. The maximum absolute atomic E-state index is 13.2. The third kappa shape index (κ3) is 3.97. The van der Waals surface area contributed by atoms with Gasteiger partial charge in [-0.1, -0.05) is 35.0 Å². The fourth-order valence-corrected chi connectivity index (χ4v) is 3.79. The molecular formula is C20H23Cl2N5O2. The number of hydrogen-bond donors (Lipinski definition) is 0. The summed E-state index contributed by atoms with van der Waals surface area (Å²) >= 11 is 6.31. The van der Waals surface area contributed by atoms with E-state index in [0.29, 0.717) is 40.7 Å². The summed E-state index contributed by atoms with van der Waals surface area (Å²) in [6.45, 7) is 7.41. The van der Waals surface area contributed by atoms with Crippen molar-refractivity contribution in [3.63, 3.8) is 0 Å². The second-order valence-corrected chi connectivity index (χ2v) is 7.14. The summed E-state index contributed by atoms with van der Waals surface area (Å²) in [5, 5.41) is 4.65. The quantitative estimate of drug-likeness (QED) is 0.621. The summed E-state index contributed by atoms with van der Waals surface area (Å²) in [6, 6.07) is 7.34. The Kier molecular flexibility index (Phi) is 6.49. The van der Waals surface area contributed by atoms with E-state index in [1.807, 2.05) is 35.5 Å². The second kappa shape index (κ2) is 8.88. The molecule has 0 unspecified atom stereocenters. The number of rotatable bonds is 4. The highest BCUT2D eigenvalue weighted by atomic mass is 35.5. The van der Waals surface area contributed by atoms with Gasteiger partial charge in [0.2, 0.25) is 5.95 Å². The van der Waals surface area contributed by atoms with Gasteiger partial charge in [-0.05, 0) is 19.9 Å². The number of benzene rings is 1. The second-order valence-electron chi connectivity index (χ2n) is 6.73. The number of aryl methyl sites for hydroxylation is 2. The maximum Gasteiger partial charge on any atom is 0.259 e. The molecule has 0 N–H and O–H groups in total. The predicted molar refractivity (Wildman–Crippen MR) is 115 cm³/mol. The third-order valence-corrected chi connectivity index (χ3v) is 5.42. The van der Waals surface area contributed by atoms with E-state index in [1.165, 1.54) is 0 Å². The van der Waals surface area contributed by atoms with E-state index >= 15 is 0 Å². The number of carbonyl (C=O) groups is 1. The lowest BCUT2D eigenvalue weighted by atomic mass is 10.0. The number of aromatic nitrogens is 3. The lowest BCUT2D eigenvalue weighted by molar-refractivity contribution is 0.0745. The Morgan fingerprint density at radius 2 is 1.93 bits per heavy atom. The zero-order valence-corrected chi connectivity index (χ0v) is 17.9. The van der Waals surface area contributed by atoms with Gasteiger partial charge < -0.3 is 18.9 Å². The smallest absolute Gasteiger partial charge is 0.259 e. The van der Waals surface area contributed by atoms with Gasteiger partial charge in [-0.25, -0.2) is 4.98 Å². The molecule has 3 heterocycles. The topological polar surface area (TPSA) is 67.4 Å². The van der Waals surface area contributed by atoms with E-state index in [0.717, 1.165) is 25.6 Å². The Morgan fingerprint density at radius 3 is 2.62 bits per heavy atom. The highest BCUT2D eigenvalue weighted by molar-refractivity contribution is 6.33.